The van der Waals surface area contributed by atoms with E-state index in [2.05, 4.69) is 6.58 Å². The first-order valence-corrected chi connectivity index (χ1v) is 5.26. The molecular formula is C11H17NO3. The first-order valence-electron chi connectivity index (χ1n) is 5.26. The van der Waals surface area contributed by atoms with Gasteiger partial charge in [0.2, 0.25) is 5.91 Å². The highest BCUT2D eigenvalue weighted by Gasteiger charge is 2.30. The summed E-state index contributed by atoms with van der Waals surface area (Å²) in [4.78, 5) is 23.9. The third kappa shape index (κ3) is 3.38. The van der Waals surface area contributed by atoms with Crippen molar-refractivity contribution in [3.8, 4) is 0 Å². The van der Waals surface area contributed by atoms with Gasteiger partial charge >= 0.3 is 5.97 Å². The molecule has 4 heteroatoms. The van der Waals surface area contributed by atoms with Crippen molar-refractivity contribution in [2.45, 2.75) is 25.7 Å². The second-order valence-electron chi connectivity index (χ2n) is 3.84. The van der Waals surface area contributed by atoms with E-state index >= 15 is 0 Å². The van der Waals surface area contributed by atoms with Gasteiger partial charge in [-0.25, -0.2) is 0 Å². The van der Waals surface area contributed by atoms with Crippen LogP contribution in [-0.2, 0) is 9.59 Å². The van der Waals surface area contributed by atoms with Crippen LogP contribution in [0.15, 0.2) is 12.7 Å². The molecule has 0 aromatic rings. The Morgan fingerprint density at radius 1 is 1.53 bits per heavy atom. The quantitative estimate of drug-likeness (QED) is 0.550. The third-order valence-electron chi connectivity index (χ3n) is 2.69. The molecule has 1 heterocycles. The monoisotopic (exact) mass is 211 g/mol. The molecule has 0 aromatic carbocycles. The Morgan fingerprint density at radius 3 is 2.80 bits per heavy atom. The van der Waals surface area contributed by atoms with E-state index in [9.17, 15) is 9.59 Å². The number of hydrogen-bond donors (Lipinski definition) is 1. The van der Waals surface area contributed by atoms with Gasteiger partial charge in [-0.2, -0.15) is 0 Å². The number of hydrogen-bond acceptors (Lipinski definition) is 2. The lowest BCUT2D eigenvalue weighted by molar-refractivity contribution is -0.141. The standard InChI is InChI=1S/C11H17NO3/c1-2-3-4-5-10(13)12-7-6-9(8-12)11(14)15/h2,9H,1,3-8H2,(H,14,15). The predicted molar refractivity (Wildman–Crippen MR) is 56.4 cm³/mol. The molecule has 1 aliphatic heterocycles. The number of likely N-dealkylation sites (tertiary alicyclic amines) is 1. The van der Waals surface area contributed by atoms with Crippen molar-refractivity contribution in [1.82, 2.24) is 4.90 Å². The summed E-state index contributed by atoms with van der Waals surface area (Å²) < 4.78 is 0. The number of aliphatic carboxylic acids is 1. The van der Waals surface area contributed by atoms with Gasteiger partial charge in [-0.3, -0.25) is 9.59 Å². The van der Waals surface area contributed by atoms with E-state index in [0.29, 0.717) is 25.9 Å². The molecular weight excluding hydrogens is 194 g/mol. The van der Waals surface area contributed by atoms with Crippen LogP contribution in [0.1, 0.15) is 25.7 Å². The van der Waals surface area contributed by atoms with Crippen molar-refractivity contribution in [2.75, 3.05) is 13.1 Å². The maximum Gasteiger partial charge on any atom is 0.308 e. The van der Waals surface area contributed by atoms with Crippen molar-refractivity contribution in [3.63, 3.8) is 0 Å². The second kappa shape index (κ2) is 5.53. The molecule has 1 rings (SSSR count). The molecule has 1 amide bonds. The molecule has 84 valence electrons. The number of carboxylic acid groups (broad SMARTS) is 1. The van der Waals surface area contributed by atoms with Crippen LogP contribution in [-0.4, -0.2) is 35.0 Å². The summed E-state index contributed by atoms with van der Waals surface area (Å²) in [7, 11) is 0. The Kier molecular flexibility index (Phi) is 4.34. The summed E-state index contributed by atoms with van der Waals surface area (Å²) >= 11 is 0. The summed E-state index contributed by atoms with van der Waals surface area (Å²) in [5.74, 6) is -1.09. The number of amides is 1. The Bertz CT molecular complexity index is 263. The van der Waals surface area contributed by atoms with Gasteiger partial charge in [0.1, 0.15) is 0 Å². The van der Waals surface area contributed by atoms with Crippen LogP contribution < -0.4 is 0 Å². The van der Waals surface area contributed by atoms with Crippen LogP contribution >= 0.6 is 0 Å². The van der Waals surface area contributed by atoms with E-state index in [-0.39, 0.29) is 11.8 Å². The van der Waals surface area contributed by atoms with Gasteiger partial charge in [-0.05, 0) is 19.3 Å². The number of unbranched alkanes of at least 4 members (excludes halogenated alkanes) is 1. The Labute approximate surface area is 89.6 Å². The van der Waals surface area contributed by atoms with Crippen LogP contribution in [0.3, 0.4) is 0 Å². The smallest absolute Gasteiger partial charge is 0.308 e. The van der Waals surface area contributed by atoms with Crippen LogP contribution in [0, 0.1) is 5.92 Å². The van der Waals surface area contributed by atoms with E-state index in [1.807, 2.05) is 0 Å². The Morgan fingerprint density at radius 2 is 2.27 bits per heavy atom. The van der Waals surface area contributed by atoms with Gasteiger partial charge in [0, 0.05) is 19.5 Å². The summed E-state index contributed by atoms with van der Waals surface area (Å²) in [5.41, 5.74) is 0. The molecule has 0 radical (unpaired) electrons. The summed E-state index contributed by atoms with van der Waals surface area (Å²) in [5, 5.41) is 8.78. The number of carboxylic acids is 1. The molecule has 1 saturated heterocycles. The normalized spacial score (nSPS) is 20.3. The first kappa shape index (κ1) is 11.8. The van der Waals surface area contributed by atoms with Crippen LogP contribution in [0.2, 0.25) is 0 Å². The zero-order valence-corrected chi connectivity index (χ0v) is 8.82. The average Bonchev–Trinajstić information content (AvgIpc) is 2.66. The van der Waals surface area contributed by atoms with Crippen LogP contribution in [0.4, 0.5) is 0 Å². The molecule has 1 fully saturated rings. The van der Waals surface area contributed by atoms with E-state index in [4.69, 9.17) is 5.11 Å². The van der Waals surface area contributed by atoms with Gasteiger partial charge in [0.15, 0.2) is 0 Å². The maximum absolute atomic E-state index is 11.6. The Hall–Kier alpha value is -1.32. The minimum atomic E-state index is -0.795. The molecule has 1 unspecified atom stereocenters. The number of allylic oxidation sites excluding steroid dienone is 1. The molecule has 0 bridgehead atoms. The largest absolute Gasteiger partial charge is 0.481 e. The molecule has 1 atom stereocenters. The maximum atomic E-state index is 11.6. The van der Waals surface area contributed by atoms with Crippen molar-refractivity contribution in [2.24, 2.45) is 5.92 Å². The molecule has 4 nitrogen and oxygen atoms in total. The highest BCUT2D eigenvalue weighted by molar-refractivity contribution is 5.78. The van der Waals surface area contributed by atoms with E-state index in [1.54, 1.807) is 11.0 Å². The zero-order chi connectivity index (χ0) is 11.3. The lowest BCUT2D eigenvalue weighted by Crippen LogP contribution is -2.29. The molecule has 0 saturated carbocycles. The van der Waals surface area contributed by atoms with E-state index < -0.39 is 5.97 Å². The molecule has 15 heavy (non-hydrogen) atoms. The van der Waals surface area contributed by atoms with E-state index in [0.717, 1.165) is 12.8 Å². The van der Waals surface area contributed by atoms with Crippen molar-refractivity contribution in [1.29, 1.82) is 0 Å². The van der Waals surface area contributed by atoms with Gasteiger partial charge in [0.05, 0.1) is 5.92 Å². The fourth-order valence-electron chi connectivity index (χ4n) is 1.74. The highest BCUT2D eigenvalue weighted by Crippen LogP contribution is 2.17. The lowest BCUT2D eigenvalue weighted by Gasteiger charge is -2.15. The second-order valence-corrected chi connectivity index (χ2v) is 3.84. The topological polar surface area (TPSA) is 57.6 Å². The minimum absolute atomic E-state index is 0.0700. The Balaban J connectivity index is 2.30. The zero-order valence-electron chi connectivity index (χ0n) is 8.82. The van der Waals surface area contributed by atoms with Gasteiger partial charge < -0.3 is 10.0 Å². The van der Waals surface area contributed by atoms with E-state index in [1.165, 1.54) is 0 Å². The first-order chi connectivity index (χ1) is 7.15. The van der Waals surface area contributed by atoms with Gasteiger partial charge in [-0.1, -0.05) is 6.08 Å². The number of nitrogens with zero attached hydrogens (tertiary/aromatic N) is 1. The third-order valence-corrected chi connectivity index (χ3v) is 2.69. The molecule has 0 spiro atoms. The molecule has 1 N–H and O–H groups in total. The van der Waals surface area contributed by atoms with Crippen LogP contribution in [0.25, 0.3) is 0 Å². The molecule has 1 aliphatic rings. The van der Waals surface area contributed by atoms with Crippen molar-refractivity contribution in [3.05, 3.63) is 12.7 Å². The van der Waals surface area contributed by atoms with Gasteiger partial charge in [-0.15, -0.1) is 6.58 Å². The average molecular weight is 211 g/mol. The summed E-state index contributed by atoms with van der Waals surface area (Å²) in [6, 6.07) is 0. The van der Waals surface area contributed by atoms with Crippen molar-refractivity contribution < 1.29 is 14.7 Å². The highest BCUT2D eigenvalue weighted by atomic mass is 16.4. The van der Waals surface area contributed by atoms with Crippen molar-refractivity contribution >= 4 is 11.9 Å². The number of rotatable bonds is 5. The predicted octanol–water partition coefficient (Wildman–Crippen LogP) is 1.28. The fraction of sp³-hybridized carbons (Fsp3) is 0.636. The molecule has 0 aliphatic carbocycles. The number of carbonyl (C=O) groups is 2. The van der Waals surface area contributed by atoms with Gasteiger partial charge in [0.25, 0.3) is 0 Å². The summed E-state index contributed by atoms with van der Waals surface area (Å²) in [6.07, 6.45) is 4.51. The minimum Gasteiger partial charge on any atom is -0.481 e. The SMILES string of the molecule is C=CCCCC(=O)N1CCC(C(=O)O)C1. The van der Waals surface area contributed by atoms with Crippen LogP contribution in [0.5, 0.6) is 0 Å². The fourth-order valence-corrected chi connectivity index (χ4v) is 1.74. The number of carbonyl (C=O) groups excluding carboxylic acids is 1. The molecule has 0 aromatic heterocycles. The lowest BCUT2D eigenvalue weighted by atomic mass is 10.1. The summed E-state index contributed by atoms with van der Waals surface area (Å²) in [6.45, 7) is 4.55.